The maximum absolute atomic E-state index is 12.3. The molecule has 0 bridgehead atoms. The van der Waals surface area contributed by atoms with Crippen molar-refractivity contribution in [2.75, 3.05) is 17.8 Å². The van der Waals surface area contributed by atoms with Crippen LogP contribution in [0, 0.1) is 0 Å². The van der Waals surface area contributed by atoms with Crippen molar-refractivity contribution in [3.8, 4) is 0 Å². The summed E-state index contributed by atoms with van der Waals surface area (Å²) in [6.45, 7) is 3.72. The Balaban J connectivity index is 1.40. The largest absolute Gasteiger partial charge is 0.364 e. The van der Waals surface area contributed by atoms with E-state index in [0.717, 1.165) is 5.56 Å². The molecule has 2 aromatic heterocycles. The molecule has 4 heterocycles. The van der Waals surface area contributed by atoms with Gasteiger partial charge in [0.15, 0.2) is 29.0 Å². The third-order valence-electron chi connectivity index (χ3n) is 6.01. The van der Waals surface area contributed by atoms with E-state index in [-0.39, 0.29) is 11.8 Å². The van der Waals surface area contributed by atoms with Gasteiger partial charge >= 0.3 is 7.60 Å². The highest BCUT2D eigenvalue weighted by Crippen LogP contribution is 2.52. The first-order chi connectivity index (χ1) is 17.8. The standard InChI is InChI=1S/C21H27ClN6O8P2/c1-21(2)35-15-13(9-25-37(29,30)11-38(31,32)33)34-19(16(15)36-21)28-10-24-14-17(26-20(22)27-18(14)28)23-8-12-6-4-3-5-7-12/h3-7,10,13,15-16,19H,8-9,11H2,1-2H3,(H,23,26,27)(H2,25,29,30)(H2,31,32,33)/t13-,15?,16?,19-/m1/s1. The summed E-state index contributed by atoms with van der Waals surface area (Å²) in [5.41, 5.74) is 1.86. The average Bonchev–Trinajstić information content (AvgIpc) is 3.46. The van der Waals surface area contributed by atoms with E-state index in [4.69, 9.17) is 35.6 Å². The minimum Gasteiger partial charge on any atom is -0.364 e. The molecule has 3 unspecified atom stereocenters. The predicted octanol–water partition coefficient (Wildman–Crippen LogP) is 2.42. The molecule has 5 N–H and O–H groups in total. The lowest BCUT2D eigenvalue weighted by Crippen LogP contribution is -2.36. The van der Waals surface area contributed by atoms with Crippen LogP contribution in [0.3, 0.4) is 0 Å². The molecular formula is C21H27ClN6O8P2. The maximum atomic E-state index is 12.3. The van der Waals surface area contributed by atoms with Gasteiger partial charge in [-0.3, -0.25) is 13.7 Å². The van der Waals surface area contributed by atoms with Crippen LogP contribution in [-0.4, -0.2) is 70.7 Å². The normalized spacial score (nSPS) is 26.4. The second kappa shape index (κ2) is 10.2. The molecule has 2 aliphatic rings. The summed E-state index contributed by atoms with van der Waals surface area (Å²) in [4.78, 5) is 41.3. The van der Waals surface area contributed by atoms with Crippen molar-refractivity contribution >= 4 is 43.7 Å². The number of nitrogens with one attached hydrogen (secondary N) is 2. The first kappa shape index (κ1) is 27.6. The molecule has 0 saturated carbocycles. The predicted molar refractivity (Wildman–Crippen MR) is 137 cm³/mol. The zero-order valence-corrected chi connectivity index (χ0v) is 22.9. The number of rotatable bonds is 9. The molecule has 5 rings (SSSR count). The van der Waals surface area contributed by atoms with Crippen molar-refractivity contribution in [3.63, 3.8) is 0 Å². The number of imidazole rings is 1. The lowest BCUT2D eigenvalue weighted by Gasteiger charge is -2.25. The summed E-state index contributed by atoms with van der Waals surface area (Å²) in [6.07, 6.45) is -1.40. The van der Waals surface area contributed by atoms with Crippen LogP contribution in [0.15, 0.2) is 36.7 Å². The van der Waals surface area contributed by atoms with Gasteiger partial charge in [0.1, 0.15) is 24.2 Å². The highest BCUT2D eigenvalue weighted by atomic mass is 35.5. The van der Waals surface area contributed by atoms with E-state index in [1.54, 1.807) is 18.4 Å². The van der Waals surface area contributed by atoms with Crippen molar-refractivity contribution in [1.82, 2.24) is 24.6 Å². The van der Waals surface area contributed by atoms with Gasteiger partial charge < -0.3 is 34.2 Å². The number of anilines is 1. The molecule has 1 aromatic carbocycles. The van der Waals surface area contributed by atoms with Crippen molar-refractivity contribution in [2.24, 2.45) is 0 Å². The highest BCUT2D eigenvalue weighted by Gasteiger charge is 2.56. The van der Waals surface area contributed by atoms with Crippen LogP contribution in [0.1, 0.15) is 25.6 Å². The van der Waals surface area contributed by atoms with Gasteiger partial charge in [-0.1, -0.05) is 30.3 Å². The van der Waals surface area contributed by atoms with Crippen molar-refractivity contribution < 1.29 is 38.0 Å². The van der Waals surface area contributed by atoms with E-state index >= 15 is 0 Å². The molecule has 0 radical (unpaired) electrons. The fraction of sp³-hybridized carbons (Fsp3) is 0.476. The van der Waals surface area contributed by atoms with Crippen LogP contribution in [0.4, 0.5) is 5.82 Å². The van der Waals surface area contributed by atoms with Crippen molar-refractivity contribution in [1.29, 1.82) is 0 Å². The van der Waals surface area contributed by atoms with Gasteiger partial charge in [-0.05, 0) is 31.0 Å². The molecule has 14 nitrogen and oxygen atoms in total. The van der Waals surface area contributed by atoms with Crippen LogP contribution in [0.5, 0.6) is 0 Å². The first-order valence-corrected chi connectivity index (χ1v) is 15.6. The third kappa shape index (κ3) is 6.10. The van der Waals surface area contributed by atoms with Crippen LogP contribution < -0.4 is 10.4 Å². The van der Waals surface area contributed by atoms with Gasteiger partial charge in [-0.25, -0.2) is 10.1 Å². The number of ether oxygens (including phenoxy) is 3. The summed E-state index contributed by atoms with van der Waals surface area (Å²) in [6, 6.07) is 9.73. The monoisotopic (exact) mass is 588 g/mol. The smallest absolute Gasteiger partial charge is 0.336 e. The molecule has 38 heavy (non-hydrogen) atoms. The molecule has 0 spiro atoms. The molecule has 0 amide bonds. The summed E-state index contributed by atoms with van der Waals surface area (Å²) in [5.74, 6) is -1.75. The fourth-order valence-corrected chi connectivity index (χ4v) is 7.59. The molecule has 2 fully saturated rings. The second-order valence-electron chi connectivity index (χ2n) is 9.50. The number of fused-ring (bicyclic) bond motifs is 2. The quantitative estimate of drug-likeness (QED) is 0.181. The summed E-state index contributed by atoms with van der Waals surface area (Å²) in [5, 5.41) is 5.55. The van der Waals surface area contributed by atoms with Crippen molar-refractivity contribution in [3.05, 3.63) is 47.5 Å². The molecule has 5 atom stereocenters. The zero-order valence-electron chi connectivity index (χ0n) is 20.3. The summed E-state index contributed by atoms with van der Waals surface area (Å²) in [7, 11) is -9.08. The van der Waals surface area contributed by atoms with Crippen LogP contribution >= 0.6 is 26.7 Å². The first-order valence-electron chi connectivity index (χ1n) is 11.6. The maximum Gasteiger partial charge on any atom is 0.336 e. The Labute approximate surface area is 222 Å². The van der Waals surface area contributed by atoms with E-state index < -0.39 is 51.3 Å². The van der Waals surface area contributed by atoms with Gasteiger partial charge in [-0.15, -0.1) is 0 Å². The number of hydrogen-bond donors (Lipinski definition) is 5. The number of nitrogens with zero attached hydrogens (tertiary/aromatic N) is 4. The minimum absolute atomic E-state index is 0.00912. The molecule has 17 heteroatoms. The van der Waals surface area contributed by atoms with Crippen LogP contribution in [0.25, 0.3) is 11.2 Å². The highest BCUT2D eigenvalue weighted by molar-refractivity contribution is 7.71. The molecule has 2 saturated heterocycles. The van der Waals surface area contributed by atoms with E-state index in [1.165, 1.54) is 6.33 Å². The Morgan fingerprint density at radius 2 is 1.82 bits per heavy atom. The van der Waals surface area contributed by atoms with Gasteiger partial charge in [0.2, 0.25) is 5.28 Å². The van der Waals surface area contributed by atoms with Crippen molar-refractivity contribution in [2.45, 2.75) is 50.7 Å². The molecule has 0 aliphatic carbocycles. The van der Waals surface area contributed by atoms with E-state index in [9.17, 15) is 14.0 Å². The number of hydrogen-bond acceptors (Lipinski definition) is 9. The molecule has 206 valence electrons. The molecule has 3 aromatic rings. The lowest BCUT2D eigenvalue weighted by molar-refractivity contribution is -0.195. The number of halogens is 1. The van der Waals surface area contributed by atoms with E-state index in [0.29, 0.717) is 23.5 Å². The Bertz CT molecular complexity index is 1420. The average molecular weight is 589 g/mol. The zero-order chi connectivity index (χ0) is 27.3. The van der Waals surface area contributed by atoms with E-state index in [1.807, 2.05) is 30.3 Å². The molecule has 2 aliphatic heterocycles. The van der Waals surface area contributed by atoms with Gasteiger partial charge in [0.25, 0.3) is 7.52 Å². The number of benzene rings is 1. The second-order valence-corrected chi connectivity index (χ2v) is 14.0. The lowest BCUT2D eigenvalue weighted by atomic mass is 10.1. The Hall–Kier alpha value is -1.96. The van der Waals surface area contributed by atoms with Gasteiger partial charge in [0, 0.05) is 13.1 Å². The Kier molecular flexibility index (Phi) is 7.42. The minimum atomic E-state index is -4.72. The van der Waals surface area contributed by atoms with Gasteiger partial charge in [0.05, 0.1) is 6.33 Å². The summed E-state index contributed by atoms with van der Waals surface area (Å²) >= 11 is 6.25. The molecular weight excluding hydrogens is 562 g/mol. The van der Waals surface area contributed by atoms with Gasteiger partial charge in [-0.2, -0.15) is 9.97 Å². The Morgan fingerprint density at radius 1 is 1.11 bits per heavy atom. The third-order valence-corrected chi connectivity index (χ3v) is 9.86. The number of aromatic nitrogens is 4. The SMILES string of the molecule is CC1(C)OC2C(O1)[C@@H](CNP(=O)(O)CP(=O)(O)O)O[C@H]2n1cnc2c(NCc3ccccc3)nc(Cl)nc21. The topological polar surface area (TPSA) is 190 Å². The van der Waals surface area contributed by atoms with E-state index in [2.05, 4.69) is 25.4 Å². The Morgan fingerprint density at radius 3 is 2.53 bits per heavy atom. The van der Waals surface area contributed by atoms with Crippen LogP contribution in [0.2, 0.25) is 5.28 Å². The summed E-state index contributed by atoms with van der Waals surface area (Å²) < 4.78 is 43.4. The van der Waals surface area contributed by atoms with Crippen LogP contribution in [-0.2, 0) is 29.9 Å². The fourth-order valence-electron chi connectivity index (χ4n) is 4.56.